The fourth-order valence-corrected chi connectivity index (χ4v) is 3.03. The number of piperazine rings is 1. The largest absolute Gasteiger partial charge is 0.493 e. The Labute approximate surface area is 152 Å². The Morgan fingerprint density at radius 1 is 0.962 bits per heavy atom. The number of methoxy groups -OCH3 is 3. The highest BCUT2D eigenvalue weighted by atomic mass is 16.5. The number of hydrogen-bond acceptors (Lipinski definition) is 7. The molecule has 0 N–H and O–H groups in total. The number of rotatable bonds is 5. The third-order valence-corrected chi connectivity index (χ3v) is 4.38. The number of anilines is 1. The van der Waals surface area contributed by atoms with E-state index >= 15 is 0 Å². The molecule has 2 aromatic rings. The number of amides is 1. The van der Waals surface area contributed by atoms with Crippen LogP contribution in [0.3, 0.4) is 0 Å². The van der Waals surface area contributed by atoms with Crippen LogP contribution in [0.4, 0.5) is 5.82 Å². The SMILES string of the molecule is COc1ccc(C(=O)N2CCN(c3cnccn3)CC2)c(OC)c1OC. The minimum atomic E-state index is -0.0957. The topological polar surface area (TPSA) is 77.0 Å². The zero-order chi connectivity index (χ0) is 18.5. The number of carbonyl (C=O) groups excluding carboxylic acids is 1. The van der Waals surface area contributed by atoms with Crippen molar-refractivity contribution in [3.05, 3.63) is 36.3 Å². The first kappa shape index (κ1) is 17.8. The van der Waals surface area contributed by atoms with Gasteiger partial charge < -0.3 is 24.0 Å². The lowest BCUT2D eigenvalue weighted by Crippen LogP contribution is -2.49. The van der Waals surface area contributed by atoms with E-state index in [2.05, 4.69) is 14.9 Å². The van der Waals surface area contributed by atoms with Crippen molar-refractivity contribution in [2.24, 2.45) is 0 Å². The molecule has 0 atom stereocenters. The number of carbonyl (C=O) groups is 1. The van der Waals surface area contributed by atoms with Gasteiger partial charge in [-0.05, 0) is 12.1 Å². The Kier molecular flexibility index (Phi) is 5.40. The van der Waals surface area contributed by atoms with Gasteiger partial charge in [0.2, 0.25) is 5.75 Å². The highest BCUT2D eigenvalue weighted by molar-refractivity contribution is 5.98. The number of hydrogen-bond donors (Lipinski definition) is 0. The van der Waals surface area contributed by atoms with Gasteiger partial charge in [-0.2, -0.15) is 0 Å². The van der Waals surface area contributed by atoms with Crippen molar-refractivity contribution < 1.29 is 19.0 Å². The van der Waals surface area contributed by atoms with E-state index in [0.717, 1.165) is 5.82 Å². The van der Waals surface area contributed by atoms with Crippen molar-refractivity contribution in [3.63, 3.8) is 0 Å². The second kappa shape index (κ2) is 7.90. The molecule has 1 aromatic carbocycles. The molecule has 0 aliphatic carbocycles. The summed E-state index contributed by atoms with van der Waals surface area (Å²) in [5.41, 5.74) is 0.457. The normalized spacial score (nSPS) is 14.1. The second-order valence-electron chi connectivity index (χ2n) is 5.72. The summed E-state index contributed by atoms with van der Waals surface area (Å²) in [6.07, 6.45) is 5.04. The molecule has 3 rings (SSSR count). The Hall–Kier alpha value is -3.03. The molecule has 0 radical (unpaired) electrons. The molecule has 8 heteroatoms. The van der Waals surface area contributed by atoms with Crippen LogP contribution in [0.25, 0.3) is 0 Å². The smallest absolute Gasteiger partial charge is 0.257 e. The van der Waals surface area contributed by atoms with Gasteiger partial charge in [0.05, 0.1) is 33.1 Å². The molecule has 1 aromatic heterocycles. The van der Waals surface area contributed by atoms with Gasteiger partial charge in [0, 0.05) is 38.6 Å². The molecule has 1 amide bonds. The zero-order valence-corrected chi connectivity index (χ0v) is 15.1. The maximum Gasteiger partial charge on any atom is 0.257 e. The van der Waals surface area contributed by atoms with E-state index in [4.69, 9.17) is 14.2 Å². The molecule has 2 heterocycles. The summed E-state index contributed by atoms with van der Waals surface area (Å²) < 4.78 is 16.1. The average molecular weight is 358 g/mol. The van der Waals surface area contributed by atoms with Gasteiger partial charge in [0.25, 0.3) is 5.91 Å². The highest BCUT2D eigenvalue weighted by Crippen LogP contribution is 2.40. The lowest BCUT2D eigenvalue weighted by molar-refractivity contribution is 0.0742. The first-order valence-corrected chi connectivity index (χ1v) is 8.28. The highest BCUT2D eigenvalue weighted by Gasteiger charge is 2.27. The monoisotopic (exact) mass is 358 g/mol. The van der Waals surface area contributed by atoms with Crippen LogP contribution in [0, 0.1) is 0 Å². The second-order valence-corrected chi connectivity index (χ2v) is 5.72. The minimum Gasteiger partial charge on any atom is -0.493 e. The fraction of sp³-hybridized carbons (Fsp3) is 0.389. The zero-order valence-electron chi connectivity index (χ0n) is 15.1. The van der Waals surface area contributed by atoms with Crippen LogP contribution in [0.2, 0.25) is 0 Å². The molecular formula is C18H22N4O4. The Balaban J connectivity index is 1.76. The van der Waals surface area contributed by atoms with Gasteiger partial charge in [0.1, 0.15) is 5.82 Å². The molecule has 26 heavy (non-hydrogen) atoms. The molecule has 0 bridgehead atoms. The molecule has 1 saturated heterocycles. The van der Waals surface area contributed by atoms with E-state index in [-0.39, 0.29) is 5.91 Å². The molecule has 1 aliphatic heterocycles. The predicted molar refractivity (Wildman–Crippen MR) is 96.2 cm³/mol. The molecule has 0 saturated carbocycles. The third-order valence-electron chi connectivity index (χ3n) is 4.38. The first-order chi connectivity index (χ1) is 12.7. The minimum absolute atomic E-state index is 0.0957. The van der Waals surface area contributed by atoms with Gasteiger partial charge in [0.15, 0.2) is 11.5 Å². The molecule has 8 nitrogen and oxygen atoms in total. The van der Waals surface area contributed by atoms with Crippen molar-refractivity contribution in [2.45, 2.75) is 0 Å². The lowest BCUT2D eigenvalue weighted by atomic mass is 10.1. The van der Waals surface area contributed by atoms with Crippen LogP contribution >= 0.6 is 0 Å². The summed E-state index contributed by atoms with van der Waals surface area (Å²) in [5, 5.41) is 0. The molecule has 138 valence electrons. The quantitative estimate of drug-likeness (QED) is 0.801. The third kappa shape index (κ3) is 3.35. The van der Waals surface area contributed by atoms with Gasteiger partial charge in [-0.1, -0.05) is 0 Å². The van der Waals surface area contributed by atoms with Crippen molar-refractivity contribution in [1.82, 2.24) is 14.9 Å². The number of benzene rings is 1. The summed E-state index contributed by atoms with van der Waals surface area (Å²) in [7, 11) is 4.58. The van der Waals surface area contributed by atoms with E-state index in [9.17, 15) is 4.79 Å². The lowest BCUT2D eigenvalue weighted by Gasteiger charge is -2.35. The Bertz CT molecular complexity index is 761. The van der Waals surface area contributed by atoms with E-state index in [1.54, 1.807) is 42.7 Å². The van der Waals surface area contributed by atoms with Gasteiger partial charge in [-0.15, -0.1) is 0 Å². The Morgan fingerprint density at radius 2 is 1.69 bits per heavy atom. The van der Waals surface area contributed by atoms with Gasteiger partial charge >= 0.3 is 0 Å². The van der Waals surface area contributed by atoms with E-state index in [1.165, 1.54) is 14.2 Å². The summed E-state index contributed by atoms with van der Waals surface area (Å²) in [6.45, 7) is 2.57. The van der Waals surface area contributed by atoms with Gasteiger partial charge in [-0.3, -0.25) is 9.78 Å². The van der Waals surface area contributed by atoms with E-state index < -0.39 is 0 Å². The van der Waals surface area contributed by atoms with Crippen molar-refractivity contribution in [2.75, 3.05) is 52.4 Å². The van der Waals surface area contributed by atoms with Crippen LogP contribution in [0.15, 0.2) is 30.7 Å². The molecule has 1 fully saturated rings. The number of ether oxygens (including phenoxy) is 3. The maximum atomic E-state index is 13.0. The standard InChI is InChI=1S/C18H22N4O4/c1-24-14-5-4-13(16(25-2)17(14)26-3)18(23)22-10-8-21(9-11-22)15-12-19-6-7-20-15/h4-7,12H,8-11H2,1-3H3. The Morgan fingerprint density at radius 3 is 2.27 bits per heavy atom. The first-order valence-electron chi connectivity index (χ1n) is 8.28. The van der Waals surface area contributed by atoms with Crippen LogP contribution in [0.1, 0.15) is 10.4 Å². The van der Waals surface area contributed by atoms with Crippen molar-refractivity contribution in [3.8, 4) is 17.2 Å². The predicted octanol–water partition coefficient (Wildman–Crippen LogP) is 1.46. The summed E-state index contributed by atoms with van der Waals surface area (Å²) in [4.78, 5) is 25.3. The summed E-state index contributed by atoms with van der Waals surface area (Å²) >= 11 is 0. The van der Waals surface area contributed by atoms with Crippen LogP contribution in [0.5, 0.6) is 17.2 Å². The molecule has 0 unspecified atom stereocenters. The van der Waals surface area contributed by atoms with E-state index in [0.29, 0.717) is 49.0 Å². The van der Waals surface area contributed by atoms with E-state index in [1.807, 2.05) is 0 Å². The molecular weight excluding hydrogens is 336 g/mol. The van der Waals surface area contributed by atoms with Crippen molar-refractivity contribution >= 4 is 11.7 Å². The maximum absolute atomic E-state index is 13.0. The number of nitrogens with zero attached hydrogens (tertiary/aromatic N) is 4. The summed E-state index contributed by atoms with van der Waals surface area (Å²) in [5.74, 6) is 2.05. The van der Waals surface area contributed by atoms with Crippen LogP contribution in [-0.4, -0.2) is 68.3 Å². The van der Waals surface area contributed by atoms with Crippen LogP contribution < -0.4 is 19.1 Å². The summed E-state index contributed by atoms with van der Waals surface area (Å²) in [6, 6.07) is 3.42. The molecule has 0 spiro atoms. The van der Waals surface area contributed by atoms with Gasteiger partial charge in [-0.25, -0.2) is 4.98 Å². The van der Waals surface area contributed by atoms with Crippen LogP contribution in [-0.2, 0) is 0 Å². The number of aromatic nitrogens is 2. The molecule has 1 aliphatic rings. The fourth-order valence-electron chi connectivity index (χ4n) is 3.03. The van der Waals surface area contributed by atoms with Crippen molar-refractivity contribution in [1.29, 1.82) is 0 Å². The average Bonchev–Trinajstić information content (AvgIpc) is 2.72.